The van der Waals surface area contributed by atoms with Crippen LogP contribution in [0.15, 0.2) is 36.7 Å². The van der Waals surface area contributed by atoms with Gasteiger partial charge in [0.1, 0.15) is 16.5 Å². The summed E-state index contributed by atoms with van der Waals surface area (Å²) in [5.41, 5.74) is -0.0796. The monoisotopic (exact) mass is 375 g/mol. The maximum absolute atomic E-state index is 13.6. The summed E-state index contributed by atoms with van der Waals surface area (Å²) < 4.78 is 31.6. The first-order chi connectivity index (χ1) is 12.5. The van der Waals surface area contributed by atoms with Crippen molar-refractivity contribution in [1.82, 2.24) is 15.0 Å². The average Bonchev–Trinajstić information content (AvgIpc) is 3.04. The zero-order valence-electron chi connectivity index (χ0n) is 13.4. The quantitative estimate of drug-likeness (QED) is 0.503. The molecule has 0 bridgehead atoms. The lowest BCUT2D eigenvalue weighted by Crippen LogP contribution is -2.15. The second-order valence-corrected chi connectivity index (χ2v) is 6.13. The van der Waals surface area contributed by atoms with Gasteiger partial charge in [-0.15, -0.1) is 11.3 Å². The number of benzene rings is 1. The van der Waals surface area contributed by atoms with Gasteiger partial charge in [-0.05, 0) is 31.2 Å². The van der Waals surface area contributed by atoms with Crippen LogP contribution in [0, 0.1) is 18.6 Å². The Hall–Kier alpha value is -3.07. The maximum Gasteiger partial charge on any atom is 0.350 e. The minimum absolute atomic E-state index is 0.181. The summed E-state index contributed by atoms with van der Waals surface area (Å²) in [6.45, 7) is 0.890. The second-order valence-electron chi connectivity index (χ2n) is 5.13. The zero-order valence-corrected chi connectivity index (χ0v) is 14.2. The fraction of sp³-hybridized carbons (Fsp3) is 0.118. The standard InChI is InChI=1S/C17H11F2N3O3S/c1-9-14(26-16(22-9)15-20-5-2-6-21-15)17(24)25-8-13(23)11-7-10(18)3-4-12(11)19/h2-7H,8H2,1H3. The van der Waals surface area contributed by atoms with E-state index in [2.05, 4.69) is 15.0 Å². The molecule has 2 aromatic heterocycles. The molecule has 132 valence electrons. The van der Waals surface area contributed by atoms with Crippen molar-refractivity contribution in [2.75, 3.05) is 6.61 Å². The Bertz CT molecular complexity index is 977. The summed E-state index contributed by atoms with van der Waals surface area (Å²) in [6.07, 6.45) is 3.09. The van der Waals surface area contributed by atoms with Crippen molar-refractivity contribution in [3.63, 3.8) is 0 Å². The summed E-state index contributed by atoms with van der Waals surface area (Å²) in [6, 6.07) is 4.14. The van der Waals surface area contributed by atoms with E-state index in [0.717, 1.165) is 29.5 Å². The number of hydrogen-bond acceptors (Lipinski definition) is 7. The van der Waals surface area contributed by atoms with Crippen LogP contribution in [0.5, 0.6) is 0 Å². The molecule has 0 aliphatic rings. The van der Waals surface area contributed by atoms with Crippen LogP contribution in [-0.4, -0.2) is 33.3 Å². The van der Waals surface area contributed by atoms with Crippen molar-refractivity contribution in [3.8, 4) is 10.8 Å². The predicted octanol–water partition coefficient (Wildman–Crippen LogP) is 3.23. The van der Waals surface area contributed by atoms with Gasteiger partial charge in [-0.2, -0.15) is 0 Å². The molecule has 1 aromatic carbocycles. The van der Waals surface area contributed by atoms with Crippen LogP contribution in [0.4, 0.5) is 8.78 Å². The molecule has 0 aliphatic heterocycles. The van der Waals surface area contributed by atoms with Gasteiger partial charge in [0.2, 0.25) is 5.78 Å². The van der Waals surface area contributed by atoms with Crippen molar-refractivity contribution < 1.29 is 23.1 Å². The SMILES string of the molecule is Cc1nc(-c2ncccn2)sc1C(=O)OCC(=O)c1cc(F)ccc1F. The Morgan fingerprint density at radius 2 is 1.92 bits per heavy atom. The summed E-state index contributed by atoms with van der Waals surface area (Å²) in [7, 11) is 0. The van der Waals surface area contributed by atoms with Crippen molar-refractivity contribution in [2.45, 2.75) is 6.92 Å². The van der Waals surface area contributed by atoms with Crippen molar-refractivity contribution >= 4 is 23.1 Å². The molecule has 3 rings (SSSR count). The Kier molecular flexibility index (Phi) is 5.08. The van der Waals surface area contributed by atoms with Gasteiger partial charge in [0, 0.05) is 12.4 Å². The van der Waals surface area contributed by atoms with E-state index in [0.29, 0.717) is 16.5 Å². The van der Waals surface area contributed by atoms with E-state index >= 15 is 0 Å². The molecular weight excluding hydrogens is 364 g/mol. The van der Waals surface area contributed by atoms with E-state index in [1.165, 1.54) is 0 Å². The predicted molar refractivity (Wildman–Crippen MR) is 88.8 cm³/mol. The zero-order chi connectivity index (χ0) is 18.7. The van der Waals surface area contributed by atoms with Crippen LogP contribution < -0.4 is 0 Å². The van der Waals surface area contributed by atoms with Crippen LogP contribution in [-0.2, 0) is 4.74 Å². The normalized spacial score (nSPS) is 10.6. The number of Topliss-reactive ketones (excluding diaryl/α,β-unsaturated/α-hetero) is 1. The fourth-order valence-corrected chi connectivity index (χ4v) is 2.98. The van der Waals surface area contributed by atoms with Gasteiger partial charge in [0.25, 0.3) is 0 Å². The molecule has 2 heterocycles. The first-order valence-corrected chi connectivity index (χ1v) is 8.17. The Balaban J connectivity index is 1.72. The number of aryl methyl sites for hydroxylation is 1. The number of halogens is 2. The molecule has 0 amide bonds. The van der Waals surface area contributed by atoms with E-state index in [-0.39, 0.29) is 4.88 Å². The van der Waals surface area contributed by atoms with Crippen molar-refractivity contribution in [3.05, 3.63) is 64.4 Å². The van der Waals surface area contributed by atoms with E-state index < -0.39 is 35.6 Å². The number of carbonyl (C=O) groups is 2. The Morgan fingerprint density at radius 3 is 2.65 bits per heavy atom. The second kappa shape index (κ2) is 7.44. The van der Waals surface area contributed by atoms with Crippen molar-refractivity contribution in [2.24, 2.45) is 0 Å². The molecule has 0 spiro atoms. The molecule has 0 unspecified atom stereocenters. The van der Waals surface area contributed by atoms with Gasteiger partial charge in [-0.1, -0.05) is 0 Å². The molecule has 0 saturated carbocycles. The summed E-state index contributed by atoms with van der Waals surface area (Å²) in [5.74, 6) is -2.91. The van der Waals surface area contributed by atoms with Crippen LogP contribution in [0.2, 0.25) is 0 Å². The summed E-state index contributed by atoms with van der Waals surface area (Å²) in [5, 5.41) is 0.428. The van der Waals surface area contributed by atoms with E-state index in [1.54, 1.807) is 25.4 Å². The van der Waals surface area contributed by atoms with Crippen LogP contribution in [0.25, 0.3) is 10.8 Å². The fourth-order valence-electron chi connectivity index (χ4n) is 2.08. The third-order valence-corrected chi connectivity index (χ3v) is 4.44. The van der Waals surface area contributed by atoms with Gasteiger partial charge in [0.15, 0.2) is 17.4 Å². The highest BCUT2D eigenvalue weighted by molar-refractivity contribution is 7.16. The molecule has 0 aliphatic carbocycles. The van der Waals surface area contributed by atoms with Crippen LogP contribution in [0.1, 0.15) is 25.7 Å². The molecule has 0 fully saturated rings. The van der Waals surface area contributed by atoms with Gasteiger partial charge in [-0.25, -0.2) is 28.5 Å². The third kappa shape index (κ3) is 3.77. The number of hydrogen-bond donors (Lipinski definition) is 0. The molecule has 0 atom stereocenters. The highest BCUT2D eigenvalue weighted by atomic mass is 32.1. The molecule has 9 heteroatoms. The Labute approximate surface area is 150 Å². The minimum Gasteiger partial charge on any atom is -0.453 e. The lowest BCUT2D eigenvalue weighted by atomic mass is 10.1. The molecule has 0 radical (unpaired) electrons. The van der Waals surface area contributed by atoms with Gasteiger partial charge >= 0.3 is 5.97 Å². The number of rotatable bonds is 5. The van der Waals surface area contributed by atoms with Crippen LogP contribution >= 0.6 is 11.3 Å². The largest absolute Gasteiger partial charge is 0.453 e. The highest BCUT2D eigenvalue weighted by Gasteiger charge is 2.21. The molecule has 6 nitrogen and oxygen atoms in total. The van der Waals surface area contributed by atoms with Crippen LogP contribution in [0.3, 0.4) is 0 Å². The smallest absolute Gasteiger partial charge is 0.350 e. The average molecular weight is 375 g/mol. The number of aromatic nitrogens is 3. The third-order valence-electron chi connectivity index (χ3n) is 3.30. The van der Waals surface area contributed by atoms with Crippen molar-refractivity contribution in [1.29, 1.82) is 0 Å². The van der Waals surface area contributed by atoms with Gasteiger partial charge in [0.05, 0.1) is 11.3 Å². The number of ether oxygens (including phenoxy) is 1. The van der Waals surface area contributed by atoms with E-state index in [4.69, 9.17) is 4.74 Å². The summed E-state index contributed by atoms with van der Waals surface area (Å²) in [4.78, 5) is 36.6. The molecular formula is C17H11F2N3O3S. The highest BCUT2D eigenvalue weighted by Crippen LogP contribution is 2.25. The summed E-state index contributed by atoms with van der Waals surface area (Å²) >= 11 is 1.02. The van der Waals surface area contributed by atoms with Gasteiger partial charge in [-0.3, -0.25) is 4.79 Å². The number of carbonyl (C=O) groups excluding carboxylic acids is 2. The first-order valence-electron chi connectivity index (χ1n) is 7.36. The van der Waals surface area contributed by atoms with E-state index in [1.807, 2.05) is 0 Å². The Morgan fingerprint density at radius 1 is 1.19 bits per heavy atom. The maximum atomic E-state index is 13.6. The first kappa shape index (κ1) is 17.7. The number of nitrogens with zero attached hydrogens (tertiary/aromatic N) is 3. The molecule has 3 aromatic rings. The number of esters is 1. The molecule has 26 heavy (non-hydrogen) atoms. The minimum atomic E-state index is -0.884. The lowest BCUT2D eigenvalue weighted by Gasteiger charge is -2.04. The van der Waals surface area contributed by atoms with E-state index in [9.17, 15) is 18.4 Å². The lowest BCUT2D eigenvalue weighted by molar-refractivity contribution is 0.0477. The van der Waals surface area contributed by atoms with Gasteiger partial charge < -0.3 is 4.74 Å². The topological polar surface area (TPSA) is 82.0 Å². The number of thiazole rings is 1. The number of ketones is 1. The molecule has 0 N–H and O–H groups in total. The molecule has 0 saturated heterocycles.